The predicted molar refractivity (Wildman–Crippen MR) is 116 cm³/mol. The molecule has 7 heteroatoms. The first-order valence-corrected chi connectivity index (χ1v) is 9.66. The first kappa shape index (κ1) is 21.2. The van der Waals surface area contributed by atoms with Crippen LogP contribution in [0.15, 0.2) is 42.2 Å². The number of hydrogen-bond donors (Lipinski definition) is 2. The molecule has 0 spiro atoms. The molecule has 0 aliphatic carbocycles. The van der Waals surface area contributed by atoms with Gasteiger partial charge in [0, 0.05) is 12.6 Å². The Hall–Kier alpha value is -3.50. The molecule has 0 bridgehead atoms. The van der Waals surface area contributed by atoms with E-state index in [0.29, 0.717) is 30.4 Å². The minimum Gasteiger partial charge on any atom is -0.506 e. The summed E-state index contributed by atoms with van der Waals surface area (Å²) < 4.78 is 12.6. The summed E-state index contributed by atoms with van der Waals surface area (Å²) in [6.07, 6.45) is 0. The van der Waals surface area contributed by atoms with Crippen LogP contribution in [-0.4, -0.2) is 42.5 Å². The molecule has 7 nitrogen and oxygen atoms in total. The fraction of sp³-hybridized carbons (Fsp3) is 0.304. The maximum atomic E-state index is 10.8. The molecule has 0 aliphatic heterocycles. The Morgan fingerprint density at radius 2 is 1.87 bits per heavy atom. The highest BCUT2D eigenvalue weighted by Gasteiger charge is 2.20. The lowest BCUT2D eigenvalue weighted by Crippen LogP contribution is -3.07. The van der Waals surface area contributed by atoms with Gasteiger partial charge in [-0.05, 0) is 36.8 Å². The number of benzene rings is 2. The van der Waals surface area contributed by atoms with Crippen LogP contribution in [0.1, 0.15) is 17.0 Å². The molecule has 0 saturated heterocycles. The van der Waals surface area contributed by atoms with Crippen molar-refractivity contribution in [1.82, 2.24) is 9.55 Å². The number of ether oxygens (including phenoxy) is 2. The SMILES string of the molecule is COc1cc(C)c(C[NH+](C)C/C(O)=C(\C#N)c2nc3ccccc3n2C)cc1OC. The summed E-state index contributed by atoms with van der Waals surface area (Å²) in [5.41, 5.74) is 4.05. The van der Waals surface area contributed by atoms with Gasteiger partial charge in [-0.15, -0.1) is 0 Å². The number of fused-ring (bicyclic) bond motifs is 1. The predicted octanol–water partition coefficient (Wildman–Crippen LogP) is 2.41. The standard InChI is InChI=1S/C23H26N4O3/c1-15-10-21(29-4)22(30-5)11-16(15)13-26(2)14-20(28)17(12-24)23-25-18-8-6-7-9-19(18)27(23)3/h6-11,28H,13-14H2,1-5H3/p+1/b20-17-. The van der Waals surface area contributed by atoms with Crippen LogP contribution in [-0.2, 0) is 13.6 Å². The number of aliphatic hydroxyl groups is 1. The van der Waals surface area contributed by atoms with E-state index in [1.165, 1.54) is 0 Å². The average molecular weight is 407 g/mol. The number of aromatic nitrogens is 2. The largest absolute Gasteiger partial charge is 0.506 e. The molecule has 156 valence electrons. The molecule has 0 amide bonds. The van der Waals surface area contributed by atoms with Crippen LogP contribution < -0.4 is 14.4 Å². The van der Waals surface area contributed by atoms with Crippen molar-refractivity contribution in [3.05, 3.63) is 59.1 Å². The van der Waals surface area contributed by atoms with Crippen LogP contribution in [0.4, 0.5) is 0 Å². The van der Waals surface area contributed by atoms with Gasteiger partial charge >= 0.3 is 0 Å². The summed E-state index contributed by atoms with van der Waals surface area (Å²) in [5.74, 6) is 1.84. The highest BCUT2D eigenvalue weighted by molar-refractivity contribution is 5.83. The lowest BCUT2D eigenvalue weighted by molar-refractivity contribution is -0.890. The Balaban J connectivity index is 1.86. The van der Waals surface area contributed by atoms with Crippen LogP contribution >= 0.6 is 0 Å². The van der Waals surface area contributed by atoms with Gasteiger partial charge in [0.05, 0.1) is 32.3 Å². The van der Waals surface area contributed by atoms with Crippen molar-refractivity contribution in [2.24, 2.45) is 7.05 Å². The number of rotatable bonds is 7. The monoisotopic (exact) mass is 407 g/mol. The third-order valence-corrected chi connectivity index (χ3v) is 5.21. The molecule has 1 unspecified atom stereocenters. The van der Waals surface area contributed by atoms with E-state index in [9.17, 15) is 10.4 Å². The maximum absolute atomic E-state index is 10.8. The molecule has 0 fully saturated rings. The summed E-state index contributed by atoms with van der Waals surface area (Å²) in [4.78, 5) is 5.56. The number of hydrogen-bond acceptors (Lipinski definition) is 5. The van der Waals surface area contributed by atoms with Crippen molar-refractivity contribution in [1.29, 1.82) is 5.26 Å². The molecular formula is C23H27N4O3+. The number of nitrogens with one attached hydrogen (secondary N) is 1. The van der Waals surface area contributed by atoms with Gasteiger partial charge in [0.15, 0.2) is 23.1 Å². The Bertz CT molecular complexity index is 1140. The highest BCUT2D eigenvalue weighted by atomic mass is 16.5. The highest BCUT2D eigenvalue weighted by Crippen LogP contribution is 2.30. The minimum absolute atomic E-state index is 0.0199. The molecule has 2 aromatic carbocycles. The van der Waals surface area contributed by atoms with Crippen molar-refractivity contribution in [2.75, 3.05) is 27.8 Å². The molecule has 1 heterocycles. The van der Waals surface area contributed by atoms with E-state index in [2.05, 4.69) is 11.1 Å². The maximum Gasteiger partial charge on any atom is 0.169 e. The Morgan fingerprint density at radius 3 is 2.50 bits per heavy atom. The van der Waals surface area contributed by atoms with Crippen LogP contribution in [0.3, 0.4) is 0 Å². The van der Waals surface area contributed by atoms with Crippen molar-refractivity contribution in [3.8, 4) is 17.6 Å². The number of imidazole rings is 1. The van der Waals surface area contributed by atoms with E-state index < -0.39 is 0 Å². The third-order valence-electron chi connectivity index (χ3n) is 5.21. The summed E-state index contributed by atoms with van der Waals surface area (Å²) in [7, 11) is 7.04. The zero-order valence-electron chi connectivity index (χ0n) is 18.0. The van der Waals surface area contributed by atoms with Gasteiger partial charge in [-0.2, -0.15) is 5.26 Å². The quantitative estimate of drug-likeness (QED) is 0.464. The first-order valence-electron chi connectivity index (χ1n) is 9.66. The number of quaternary nitrogens is 1. The Kier molecular flexibility index (Phi) is 6.28. The van der Waals surface area contributed by atoms with Crippen LogP contribution in [0.25, 0.3) is 16.6 Å². The lowest BCUT2D eigenvalue weighted by atomic mass is 10.1. The first-order chi connectivity index (χ1) is 14.4. The molecule has 0 aliphatic rings. The van der Waals surface area contributed by atoms with Crippen LogP contribution in [0, 0.1) is 18.3 Å². The second-order valence-electron chi connectivity index (χ2n) is 7.36. The van der Waals surface area contributed by atoms with Gasteiger partial charge in [-0.3, -0.25) is 0 Å². The number of para-hydroxylation sites is 2. The Morgan fingerprint density at radius 1 is 1.20 bits per heavy atom. The Labute approximate surface area is 176 Å². The van der Waals surface area contributed by atoms with Gasteiger partial charge in [0.2, 0.25) is 0 Å². The van der Waals surface area contributed by atoms with Gasteiger partial charge in [0.25, 0.3) is 0 Å². The zero-order valence-corrected chi connectivity index (χ0v) is 18.0. The molecular weight excluding hydrogens is 380 g/mol. The molecule has 3 aromatic rings. The number of aliphatic hydroxyl groups excluding tert-OH is 1. The van der Waals surface area contributed by atoms with Crippen molar-refractivity contribution >= 4 is 16.6 Å². The number of allylic oxidation sites excluding steroid dienone is 1. The van der Waals surface area contributed by atoms with Gasteiger partial charge < -0.3 is 24.0 Å². The smallest absolute Gasteiger partial charge is 0.169 e. The van der Waals surface area contributed by atoms with E-state index in [0.717, 1.165) is 27.1 Å². The van der Waals surface area contributed by atoms with Crippen LogP contribution in [0.2, 0.25) is 0 Å². The van der Waals surface area contributed by atoms with Crippen molar-refractivity contribution in [2.45, 2.75) is 13.5 Å². The van der Waals surface area contributed by atoms with E-state index in [1.54, 1.807) is 14.2 Å². The fourth-order valence-electron chi connectivity index (χ4n) is 3.59. The second-order valence-corrected chi connectivity index (χ2v) is 7.36. The number of nitriles is 1. The van der Waals surface area contributed by atoms with Gasteiger partial charge in [0.1, 0.15) is 24.7 Å². The third kappa shape index (κ3) is 4.09. The normalized spacial score (nSPS) is 12.9. The van der Waals surface area contributed by atoms with Gasteiger partial charge in [-0.1, -0.05) is 12.1 Å². The molecule has 2 N–H and O–H groups in total. The molecule has 1 aromatic heterocycles. The number of nitrogens with zero attached hydrogens (tertiary/aromatic N) is 3. The summed E-state index contributed by atoms with van der Waals surface area (Å²) in [6.45, 7) is 2.96. The number of methoxy groups -OCH3 is 2. The second kappa shape index (κ2) is 8.89. The topological polar surface area (TPSA) is 84.7 Å². The number of likely N-dealkylation sites (N-methyl/N-ethyl adjacent to an activating group) is 1. The summed E-state index contributed by atoms with van der Waals surface area (Å²) in [5, 5.41) is 20.5. The van der Waals surface area contributed by atoms with E-state index in [4.69, 9.17) is 9.47 Å². The summed E-state index contributed by atoms with van der Waals surface area (Å²) >= 11 is 0. The number of aryl methyl sites for hydroxylation is 2. The molecule has 1 atom stereocenters. The molecule has 30 heavy (non-hydrogen) atoms. The van der Waals surface area contributed by atoms with Crippen LogP contribution in [0.5, 0.6) is 11.5 Å². The van der Waals surface area contributed by atoms with Crippen molar-refractivity contribution in [3.63, 3.8) is 0 Å². The molecule has 0 saturated carbocycles. The summed E-state index contributed by atoms with van der Waals surface area (Å²) in [6, 6.07) is 13.7. The minimum atomic E-state index is 0.0199. The average Bonchev–Trinajstić information content (AvgIpc) is 3.06. The lowest BCUT2D eigenvalue weighted by Gasteiger charge is -2.17. The van der Waals surface area contributed by atoms with Crippen molar-refractivity contribution < 1.29 is 19.5 Å². The van der Waals surface area contributed by atoms with E-state index >= 15 is 0 Å². The molecule has 3 rings (SSSR count). The van der Waals surface area contributed by atoms with Gasteiger partial charge in [-0.25, -0.2) is 4.98 Å². The van der Waals surface area contributed by atoms with E-state index in [-0.39, 0.29) is 11.3 Å². The van der Waals surface area contributed by atoms with E-state index in [1.807, 2.05) is 62.0 Å². The fourth-order valence-corrected chi connectivity index (χ4v) is 3.59. The zero-order chi connectivity index (χ0) is 21.8. The molecule has 0 radical (unpaired) electrons.